The molecule has 0 aromatic heterocycles. The first-order valence-electron chi connectivity index (χ1n) is 15.4. The topological polar surface area (TPSA) is 0 Å². The number of hydrogen-bond donors (Lipinski definition) is 0. The van der Waals surface area contributed by atoms with Crippen LogP contribution in [-0.4, -0.2) is 3.21 Å². The van der Waals surface area contributed by atoms with Crippen LogP contribution < -0.4 is 0 Å². The van der Waals surface area contributed by atoms with Crippen molar-refractivity contribution in [1.82, 2.24) is 0 Å². The summed E-state index contributed by atoms with van der Waals surface area (Å²) in [6, 6.07) is 56.1. The van der Waals surface area contributed by atoms with Gasteiger partial charge in [-0.3, -0.25) is 0 Å². The van der Waals surface area contributed by atoms with E-state index in [4.69, 9.17) is 0 Å². The minimum atomic E-state index is -1.29. The van der Waals surface area contributed by atoms with Gasteiger partial charge in [-0.1, -0.05) is 0 Å². The molecule has 8 rings (SSSR count). The summed E-state index contributed by atoms with van der Waals surface area (Å²) in [5.41, 5.74) is 16.7. The Bertz CT molecular complexity index is 2010. The fourth-order valence-corrected chi connectivity index (χ4v) is 11.4. The van der Waals surface area contributed by atoms with E-state index in [1.54, 1.807) is 3.21 Å². The van der Waals surface area contributed by atoms with E-state index in [1.807, 2.05) is 0 Å². The van der Waals surface area contributed by atoms with Gasteiger partial charge in [-0.05, 0) is 0 Å². The van der Waals surface area contributed by atoms with Crippen LogP contribution >= 0.6 is 0 Å². The molecule has 0 fully saturated rings. The van der Waals surface area contributed by atoms with Crippen LogP contribution in [-0.2, 0) is 22.8 Å². The van der Waals surface area contributed by atoms with E-state index in [0.29, 0.717) is 3.63 Å². The monoisotopic (exact) mass is 637 g/mol. The molecule has 0 N–H and O–H groups in total. The van der Waals surface area contributed by atoms with Crippen molar-refractivity contribution in [2.45, 2.75) is 10.0 Å². The first kappa shape index (κ1) is 27.1. The van der Waals surface area contributed by atoms with E-state index >= 15 is 0 Å². The minimum absolute atomic E-state index is 0.378. The molecule has 6 aromatic rings. The first-order chi connectivity index (χ1) is 21.9. The summed E-state index contributed by atoms with van der Waals surface area (Å²) in [4.78, 5) is 0. The summed E-state index contributed by atoms with van der Waals surface area (Å²) in [7, 11) is 0. The maximum atomic E-state index is 2.43. The molecule has 0 radical (unpaired) electrons. The molecular weight excluding hydrogens is 608 g/mol. The third-order valence-electron chi connectivity index (χ3n) is 8.89. The zero-order valence-electron chi connectivity index (χ0n) is 24.5. The fourth-order valence-electron chi connectivity index (χ4n) is 6.94. The predicted molar refractivity (Wildman–Crippen MR) is 182 cm³/mol. The van der Waals surface area contributed by atoms with Crippen molar-refractivity contribution < 1.29 is 22.8 Å². The quantitative estimate of drug-likeness (QED) is 0.170. The average molecular weight is 639 g/mol. The van der Waals surface area contributed by atoms with Crippen molar-refractivity contribution in [3.05, 3.63) is 198 Å². The van der Waals surface area contributed by atoms with Gasteiger partial charge in [0, 0.05) is 0 Å². The van der Waals surface area contributed by atoms with E-state index < -0.39 is 22.8 Å². The van der Waals surface area contributed by atoms with E-state index in [0.717, 1.165) is 6.42 Å². The van der Waals surface area contributed by atoms with Crippen molar-refractivity contribution >= 4 is 8.78 Å². The van der Waals surface area contributed by atoms with Crippen LogP contribution in [0.2, 0.25) is 0 Å². The number of rotatable bonds is 6. The second-order valence-corrected chi connectivity index (χ2v) is 14.8. The molecule has 0 nitrogen and oxygen atoms in total. The Balaban J connectivity index is 1.47. The standard InChI is InChI=1S/C30H21.C13H10.Zr/c1-3-10-21(11-4-1)25-17-9-16-24-20-28-27(30(24)25)19-18-26(22-12-5-2-6-13-22)29(28)23-14-7-8-15-23;1-3-7-12(8-4-1)11-13-9-5-2-6-10-13;/h1-14,16-20H,15H2;1-10H;. The molecule has 2 aliphatic carbocycles. The van der Waals surface area contributed by atoms with Crippen molar-refractivity contribution in [3.8, 4) is 33.4 Å². The fraction of sp³-hybridized carbons (Fsp3) is 0.0465. The van der Waals surface area contributed by atoms with Gasteiger partial charge in [0.1, 0.15) is 0 Å². The summed E-state index contributed by atoms with van der Waals surface area (Å²) in [5.74, 6) is 0. The van der Waals surface area contributed by atoms with E-state index in [9.17, 15) is 0 Å². The van der Waals surface area contributed by atoms with Gasteiger partial charge in [-0.25, -0.2) is 0 Å². The Hall–Kier alpha value is -4.45. The molecule has 2 aliphatic rings. The summed E-state index contributed by atoms with van der Waals surface area (Å²) in [6.45, 7) is 0. The first-order valence-corrected chi connectivity index (χ1v) is 18.0. The summed E-state index contributed by atoms with van der Waals surface area (Å²) >= 11 is -1.29. The van der Waals surface area contributed by atoms with Crippen LogP contribution in [0.1, 0.15) is 37.9 Å². The molecule has 0 heterocycles. The van der Waals surface area contributed by atoms with Gasteiger partial charge in [-0.2, -0.15) is 0 Å². The number of allylic oxidation sites excluding steroid dienone is 4. The molecule has 0 aliphatic heterocycles. The van der Waals surface area contributed by atoms with Crippen molar-refractivity contribution in [2.24, 2.45) is 0 Å². The van der Waals surface area contributed by atoms with E-state index in [2.05, 4.69) is 170 Å². The molecule has 0 amide bonds. The van der Waals surface area contributed by atoms with Gasteiger partial charge in [0.2, 0.25) is 0 Å². The second-order valence-electron chi connectivity index (χ2n) is 11.5. The molecule has 207 valence electrons. The normalized spacial score (nSPS) is 14.5. The van der Waals surface area contributed by atoms with Crippen LogP contribution in [0.25, 0.3) is 39.0 Å². The predicted octanol–water partition coefficient (Wildman–Crippen LogP) is 10.8. The number of fused-ring (bicyclic) bond motifs is 3. The van der Waals surface area contributed by atoms with Gasteiger partial charge in [0.05, 0.1) is 0 Å². The Labute approximate surface area is 271 Å². The van der Waals surface area contributed by atoms with Gasteiger partial charge in [0.25, 0.3) is 0 Å². The molecule has 1 atom stereocenters. The molecule has 0 bridgehead atoms. The van der Waals surface area contributed by atoms with Crippen molar-refractivity contribution in [2.75, 3.05) is 0 Å². The molecule has 0 saturated heterocycles. The van der Waals surface area contributed by atoms with Gasteiger partial charge in [-0.15, -0.1) is 0 Å². The average Bonchev–Trinajstić information content (AvgIpc) is 3.75. The maximum absolute atomic E-state index is 2.43. The van der Waals surface area contributed by atoms with Crippen molar-refractivity contribution in [3.63, 3.8) is 0 Å². The Morgan fingerprint density at radius 1 is 0.500 bits per heavy atom. The summed E-state index contributed by atoms with van der Waals surface area (Å²) < 4.78 is 1.93. The van der Waals surface area contributed by atoms with E-state index in [1.165, 1.54) is 66.8 Å². The number of hydrogen-bond acceptors (Lipinski definition) is 0. The van der Waals surface area contributed by atoms with Gasteiger partial charge in [0.15, 0.2) is 0 Å². The zero-order chi connectivity index (χ0) is 29.3. The third kappa shape index (κ3) is 4.87. The summed E-state index contributed by atoms with van der Waals surface area (Å²) in [6.07, 6.45) is 7.87. The SMILES string of the molecule is C1=CCC(c2c(-c3ccccc3)ccc3c2[CH]([Zr]=[C](c2ccccc2)c2ccccc2)c2cccc(-c4ccccc4)c2-3)=C1. The molecule has 1 unspecified atom stereocenters. The van der Waals surface area contributed by atoms with Crippen LogP contribution in [0, 0.1) is 0 Å². The van der Waals surface area contributed by atoms with Gasteiger partial charge < -0.3 is 0 Å². The second kappa shape index (κ2) is 11.9. The zero-order valence-corrected chi connectivity index (χ0v) is 26.9. The number of benzene rings is 6. The molecular formula is C43H31Zr. The van der Waals surface area contributed by atoms with Crippen LogP contribution in [0.3, 0.4) is 0 Å². The van der Waals surface area contributed by atoms with Gasteiger partial charge >= 0.3 is 273 Å². The molecule has 44 heavy (non-hydrogen) atoms. The Morgan fingerprint density at radius 2 is 1.05 bits per heavy atom. The van der Waals surface area contributed by atoms with Crippen LogP contribution in [0.4, 0.5) is 0 Å². The Kier molecular flexibility index (Phi) is 7.35. The van der Waals surface area contributed by atoms with Crippen LogP contribution in [0.5, 0.6) is 0 Å². The summed E-state index contributed by atoms with van der Waals surface area (Å²) in [5, 5.41) is 0. The molecule has 0 spiro atoms. The Morgan fingerprint density at radius 3 is 1.61 bits per heavy atom. The molecule has 1 heteroatoms. The van der Waals surface area contributed by atoms with E-state index in [-0.39, 0.29) is 0 Å². The molecule has 0 saturated carbocycles. The van der Waals surface area contributed by atoms with Crippen LogP contribution in [0.15, 0.2) is 170 Å². The van der Waals surface area contributed by atoms with Crippen molar-refractivity contribution in [1.29, 1.82) is 0 Å². The third-order valence-corrected chi connectivity index (χ3v) is 13.2. The molecule has 6 aromatic carbocycles.